The molecule has 1 N–H and O–H groups in total. The maximum atomic E-state index is 11.7. The largest absolute Gasteiger partial charge is 0.452 e. The van der Waals surface area contributed by atoms with Gasteiger partial charge in [0.1, 0.15) is 5.15 Å². The van der Waals surface area contributed by atoms with Gasteiger partial charge in [-0.25, -0.2) is 9.78 Å². The third-order valence-corrected chi connectivity index (χ3v) is 3.60. The Bertz CT molecular complexity index is 720. The van der Waals surface area contributed by atoms with Crippen LogP contribution in [0.5, 0.6) is 0 Å². The molecule has 0 aliphatic rings. The number of hydrogen-bond acceptors (Lipinski definition) is 4. The van der Waals surface area contributed by atoms with Crippen molar-refractivity contribution in [3.63, 3.8) is 0 Å². The lowest BCUT2D eigenvalue weighted by atomic mass is 10.2. The zero-order valence-electron chi connectivity index (χ0n) is 11.7. The lowest BCUT2D eigenvalue weighted by molar-refractivity contribution is -0.124. The Morgan fingerprint density at radius 1 is 1.13 bits per heavy atom. The molecule has 0 spiro atoms. The number of rotatable bonds is 5. The van der Waals surface area contributed by atoms with Crippen molar-refractivity contribution in [1.29, 1.82) is 0 Å². The quantitative estimate of drug-likeness (QED) is 0.643. The Balaban J connectivity index is 1.81. The Kier molecular flexibility index (Phi) is 6.21. The summed E-state index contributed by atoms with van der Waals surface area (Å²) in [5.41, 5.74) is 0.917. The fourth-order valence-electron chi connectivity index (χ4n) is 1.62. The van der Waals surface area contributed by atoms with E-state index in [2.05, 4.69) is 10.3 Å². The van der Waals surface area contributed by atoms with Crippen LogP contribution in [0.15, 0.2) is 36.5 Å². The van der Waals surface area contributed by atoms with E-state index in [4.69, 9.17) is 39.5 Å². The molecular formula is C15H11Cl3N2O3. The number of carbonyl (C=O) groups is 2. The number of pyridine rings is 1. The smallest absolute Gasteiger partial charge is 0.340 e. The molecule has 2 aromatic rings. The van der Waals surface area contributed by atoms with E-state index in [9.17, 15) is 9.59 Å². The first kappa shape index (κ1) is 17.5. The van der Waals surface area contributed by atoms with Crippen molar-refractivity contribution in [2.24, 2.45) is 0 Å². The lowest BCUT2D eigenvalue weighted by Gasteiger charge is -2.08. The van der Waals surface area contributed by atoms with Crippen LogP contribution in [0.3, 0.4) is 0 Å². The molecule has 5 nitrogen and oxygen atoms in total. The Hall–Kier alpha value is -1.82. The molecule has 0 fully saturated rings. The monoisotopic (exact) mass is 372 g/mol. The van der Waals surface area contributed by atoms with E-state index in [1.807, 2.05) is 0 Å². The topological polar surface area (TPSA) is 68.3 Å². The van der Waals surface area contributed by atoms with Crippen LogP contribution < -0.4 is 5.32 Å². The molecule has 1 aromatic heterocycles. The van der Waals surface area contributed by atoms with Gasteiger partial charge in [-0.05, 0) is 29.8 Å². The van der Waals surface area contributed by atoms with Gasteiger partial charge in [0.25, 0.3) is 5.91 Å². The average molecular weight is 374 g/mol. The zero-order valence-corrected chi connectivity index (χ0v) is 14.0. The number of aromatic nitrogens is 1. The third-order valence-electron chi connectivity index (χ3n) is 2.79. The van der Waals surface area contributed by atoms with Gasteiger partial charge >= 0.3 is 5.97 Å². The van der Waals surface area contributed by atoms with E-state index in [0.29, 0.717) is 15.6 Å². The highest BCUT2D eigenvalue weighted by Gasteiger charge is 2.11. The molecule has 2 rings (SSSR count). The maximum Gasteiger partial charge on any atom is 0.340 e. The van der Waals surface area contributed by atoms with Crippen LogP contribution in [-0.2, 0) is 16.1 Å². The van der Waals surface area contributed by atoms with Crippen molar-refractivity contribution >= 4 is 46.7 Å². The summed E-state index contributed by atoms with van der Waals surface area (Å²) < 4.78 is 4.88. The number of esters is 1. The first-order valence-electron chi connectivity index (χ1n) is 6.45. The summed E-state index contributed by atoms with van der Waals surface area (Å²) in [5, 5.41) is 3.81. The second-order valence-corrected chi connectivity index (χ2v) is 5.69. The highest BCUT2D eigenvalue weighted by molar-refractivity contribution is 6.35. The van der Waals surface area contributed by atoms with Crippen molar-refractivity contribution in [3.05, 3.63) is 62.9 Å². The standard InChI is InChI=1S/C15H11Cl3N2O3/c16-11-3-1-9(12(17)5-11)6-20-14(21)8-23-15(22)10-2-4-13(18)19-7-10/h1-5,7H,6,8H2,(H,20,21). The summed E-state index contributed by atoms with van der Waals surface area (Å²) in [6, 6.07) is 7.88. The summed E-state index contributed by atoms with van der Waals surface area (Å²) in [6.45, 7) is -0.207. The predicted octanol–water partition coefficient (Wildman–Crippen LogP) is 3.52. The molecule has 0 saturated heterocycles. The average Bonchev–Trinajstić information content (AvgIpc) is 2.52. The predicted molar refractivity (Wildman–Crippen MR) is 87.8 cm³/mol. The van der Waals surface area contributed by atoms with Gasteiger partial charge in [-0.1, -0.05) is 40.9 Å². The molecule has 0 unspecified atom stereocenters. The van der Waals surface area contributed by atoms with Crippen LogP contribution in [0.4, 0.5) is 0 Å². The number of halogens is 3. The maximum absolute atomic E-state index is 11.7. The third kappa shape index (κ3) is 5.39. The van der Waals surface area contributed by atoms with Crippen molar-refractivity contribution in [2.75, 3.05) is 6.61 Å². The second-order valence-electron chi connectivity index (χ2n) is 4.46. The molecule has 0 aliphatic carbocycles. The molecule has 8 heteroatoms. The van der Waals surface area contributed by atoms with Gasteiger partial charge in [0.2, 0.25) is 0 Å². The van der Waals surface area contributed by atoms with Gasteiger partial charge in [-0.2, -0.15) is 0 Å². The molecule has 1 amide bonds. The lowest BCUT2D eigenvalue weighted by Crippen LogP contribution is -2.28. The highest BCUT2D eigenvalue weighted by Crippen LogP contribution is 2.20. The van der Waals surface area contributed by atoms with E-state index in [1.165, 1.54) is 18.3 Å². The van der Waals surface area contributed by atoms with Gasteiger partial charge in [0.05, 0.1) is 5.56 Å². The van der Waals surface area contributed by atoms with E-state index in [-0.39, 0.29) is 17.3 Å². The van der Waals surface area contributed by atoms with Crippen LogP contribution in [0, 0.1) is 0 Å². The molecule has 0 aliphatic heterocycles. The SMILES string of the molecule is O=C(COC(=O)c1ccc(Cl)nc1)NCc1ccc(Cl)cc1Cl. The first-order chi connectivity index (χ1) is 11.0. The zero-order chi connectivity index (χ0) is 16.8. The number of hydrogen-bond donors (Lipinski definition) is 1. The van der Waals surface area contributed by atoms with E-state index in [1.54, 1.807) is 18.2 Å². The molecule has 0 atom stereocenters. The van der Waals surface area contributed by atoms with E-state index < -0.39 is 18.5 Å². The van der Waals surface area contributed by atoms with Crippen molar-refractivity contribution < 1.29 is 14.3 Å². The minimum Gasteiger partial charge on any atom is -0.452 e. The summed E-state index contributed by atoms with van der Waals surface area (Å²) in [5.74, 6) is -1.11. The minimum atomic E-state index is -0.658. The van der Waals surface area contributed by atoms with Crippen LogP contribution in [0.2, 0.25) is 15.2 Å². The van der Waals surface area contributed by atoms with Crippen LogP contribution >= 0.6 is 34.8 Å². The van der Waals surface area contributed by atoms with E-state index >= 15 is 0 Å². The highest BCUT2D eigenvalue weighted by atomic mass is 35.5. The Labute approximate surface area is 147 Å². The van der Waals surface area contributed by atoms with Gasteiger partial charge in [-0.3, -0.25) is 4.79 Å². The molecule has 0 bridgehead atoms. The number of nitrogens with one attached hydrogen (secondary N) is 1. The van der Waals surface area contributed by atoms with Crippen LogP contribution in [0.25, 0.3) is 0 Å². The normalized spacial score (nSPS) is 10.2. The fourth-order valence-corrected chi connectivity index (χ4v) is 2.21. The Morgan fingerprint density at radius 3 is 2.57 bits per heavy atom. The summed E-state index contributed by atoms with van der Waals surface area (Å²) in [6.07, 6.45) is 1.27. The molecule has 0 radical (unpaired) electrons. The number of carbonyl (C=O) groups excluding carboxylic acids is 2. The number of nitrogens with zero attached hydrogens (tertiary/aromatic N) is 1. The fraction of sp³-hybridized carbons (Fsp3) is 0.133. The summed E-state index contributed by atoms with van der Waals surface area (Å²) >= 11 is 17.4. The Morgan fingerprint density at radius 2 is 1.91 bits per heavy atom. The van der Waals surface area contributed by atoms with Gasteiger partial charge < -0.3 is 10.1 Å². The molecule has 0 saturated carbocycles. The molecule has 120 valence electrons. The van der Waals surface area contributed by atoms with Crippen molar-refractivity contribution in [3.8, 4) is 0 Å². The van der Waals surface area contributed by atoms with Crippen LogP contribution in [-0.4, -0.2) is 23.5 Å². The van der Waals surface area contributed by atoms with Gasteiger partial charge in [-0.15, -0.1) is 0 Å². The van der Waals surface area contributed by atoms with Crippen molar-refractivity contribution in [2.45, 2.75) is 6.54 Å². The van der Waals surface area contributed by atoms with Crippen LogP contribution in [0.1, 0.15) is 15.9 Å². The van der Waals surface area contributed by atoms with Gasteiger partial charge in [0.15, 0.2) is 6.61 Å². The second kappa shape index (κ2) is 8.15. The molecular weight excluding hydrogens is 363 g/mol. The molecule has 1 heterocycles. The van der Waals surface area contributed by atoms with Gasteiger partial charge in [0, 0.05) is 22.8 Å². The summed E-state index contributed by atoms with van der Waals surface area (Å²) in [4.78, 5) is 27.2. The molecule has 23 heavy (non-hydrogen) atoms. The van der Waals surface area contributed by atoms with E-state index in [0.717, 1.165) is 0 Å². The molecule has 1 aromatic carbocycles. The van der Waals surface area contributed by atoms with Crippen molar-refractivity contribution in [1.82, 2.24) is 10.3 Å². The first-order valence-corrected chi connectivity index (χ1v) is 7.58. The number of amides is 1. The minimum absolute atomic E-state index is 0.203. The number of benzene rings is 1. The number of ether oxygens (including phenoxy) is 1. The summed E-state index contributed by atoms with van der Waals surface area (Å²) in [7, 11) is 0.